The minimum Gasteiger partial charge on any atom is -0.464 e. The van der Waals surface area contributed by atoms with Gasteiger partial charge in [0.1, 0.15) is 0 Å². The molecule has 0 aliphatic carbocycles. The first-order valence-electron chi connectivity index (χ1n) is 5.91. The maximum Gasteiger partial charge on any atom is 0.361 e. The highest BCUT2D eigenvalue weighted by Crippen LogP contribution is 2.14. The Kier molecular flexibility index (Phi) is 4.69. The summed E-state index contributed by atoms with van der Waals surface area (Å²) in [7, 11) is 2.43. The molecule has 2 rings (SSSR count). The van der Waals surface area contributed by atoms with Crippen molar-refractivity contribution in [3.05, 3.63) is 45.7 Å². The zero-order valence-corrected chi connectivity index (χ0v) is 13.0. The summed E-state index contributed by atoms with van der Waals surface area (Å²) in [6.45, 7) is 0.279. The number of ether oxygens (including phenoxy) is 2. The molecular weight excluding hydrogens is 342 g/mol. The zero-order valence-electron chi connectivity index (χ0n) is 11.4. The van der Waals surface area contributed by atoms with Gasteiger partial charge in [0, 0.05) is 4.47 Å². The lowest BCUT2D eigenvalue weighted by molar-refractivity contribution is 0.0544. The lowest BCUT2D eigenvalue weighted by Gasteiger charge is -2.06. The topological polar surface area (TPSA) is 83.3 Å². The van der Waals surface area contributed by atoms with Crippen LogP contribution in [0.5, 0.6) is 0 Å². The van der Waals surface area contributed by atoms with Crippen molar-refractivity contribution < 1.29 is 19.1 Å². The van der Waals surface area contributed by atoms with Crippen molar-refractivity contribution in [3.63, 3.8) is 0 Å². The standard InChI is InChI=1S/C13H12BrN3O4/c1-20-12(18)10-11(13(19)21-2)17(16-15-10)7-8-3-5-9(14)6-4-8/h3-6H,7H2,1-2H3. The second kappa shape index (κ2) is 6.49. The van der Waals surface area contributed by atoms with Gasteiger partial charge in [-0.05, 0) is 17.7 Å². The summed E-state index contributed by atoms with van der Waals surface area (Å²) in [5.74, 6) is -1.44. The molecule has 0 unspecified atom stereocenters. The molecular formula is C13H12BrN3O4. The molecule has 1 aromatic carbocycles. The Morgan fingerprint density at radius 2 is 1.76 bits per heavy atom. The maximum atomic E-state index is 11.8. The van der Waals surface area contributed by atoms with E-state index < -0.39 is 11.9 Å². The van der Waals surface area contributed by atoms with E-state index in [-0.39, 0.29) is 17.9 Å². The fourth-order valence-corrected chi connectivity index (χ4v) is 1.98. The molecule has 0 spiro atoms. The molecule has 0 saturated heterocycles. The molecule has 1 aromatic heterocycles. The van der Waals surface area contributed by atoms with Gasteiger partial charge in [-0.3, -0.25) is 0 Å². The number of rotatable bonds is 4. The first-order chi connectivity index (χ1) is 10.1. The van der Waals surface area contributed by atoms with E-state index in [1.165, 1.54) is 18.9 Å². The largest absolute Gasteiger partial charge is 0.464 e. The number of hydrogen-bond donors (Lipinski definition) is 0. The third-order valence-electron chi connectivity index (χ3n) is 2.74. The van der Waals surface area contributed by atoms with Gasteiger partial charge in [-0.2, -0.15) is 0 Å². The molecule has 1 heterocycles. The summed E-state index contributed by atoms with van der Waals surface area (Å²) in [6.07, 6.45) is 0. The maximum absolute atomic E-state index is 11.8. The molecule has 0 atom stereocenters. The van der Waals surface area contributed by atoms with Gasteiger partial charge in [0.25, 0.3) is 0 Å². The van der Waals surface area contributed by atoms with Crippen LogP contribution >= 0.6 is 15.9 Å². The number of benzene rings is 1. The molecule has 0 saturated carbocycles. The van der Waals surface area contributed by atoms with Crippen molar-refractivity contribution in [2.24, 2.45) is 0 Å². The van der Waals surface area contributed by atoms with Crippen LogP contribution in [-0.4, -0.2) is 41.2 Å². The third kappa shape index (κ3) is 3.27. The van der Waals surface area contributed by atoms with Crippen molar-refractivity contribution in [3.8, 4) is 0 Å². The van der Waals surface area contributed by atoms with E-state index in [4.69, 9.17) is 0 Å². The minimum absolute atomic E-state index is 0.0349. The molecule has 2 aromatic rings. The lowest BCUT2D eigenvalue weighted by Crippen LogP contribution is -2.17. The van der Waals surface area contributed by atoms with Crippen molar-refractivity contribution in [1.29, 1.82) is 0 Å². The van der Waals surface area contributed by atoms with Gasteiger partial charge in [-0.1, -0.05) is 33.3 Å². The smallest absolute Gasteiger partial charge is 0.361 e. The molecule has 0 aliphatic rings. The average molecular weight is 354 g/mol. The van der Waals surface area contributed by atoms with E-state index in [1.807, 2.05) is 24.3 Å². The molecule has 0 aliphatic heterocycles. The summed E-state index contributed by atoms with van der Waals surface area (Å²) in [5, 5.41) is 7.52. The van der Waals surface area contributed by atoms with Crippen LogP contribution in [0.1, 0.15) is 26.5 Å². The van der Waals surface area contributed by atoms with Gasteiger partial charge in [-0.25, -0.2) is 14.3 Å². The molecule has 0 radical (unpaired) electrons. The Hall–Kier alpha value is -2.22. The van der Waals surface area contributed by atoms with Crippen LogP contribution in [-0.2, 0) is 16.0 Å². The van der Waals surface area contributed by atoms with Crippen LogP contribution in [0.2, 0.25) is 0 Å². The van der Waals surface area contributed by atoms with Crippen molar-refractivity contribution in [2.45, 2.75) is 6.54 Å². The van der Waals surface area contributed by atoms with Crippen molar-refractivity contribution in [2.75, 3.05) is 14.2 Å². The fraction of sp³-hybridized carbons (Fsp3) is 0.231. The second-order valence-electron chi connectivity index (χ2n) is 4.05. The molecule has 0 N–H and O–H groups in total. The summed E-state index contributed by atoms with van der Waals surface area (Å²) in [4.78, 5) is 23.5. The van der Waals surface area contributed by atoms with Gasteiger partial charge >= 0.3 is 11.9 Å². The average Bonchev–Trinajstić information content (AvgIpc) is 2.91. The van der Waals surface area contributed by atoms with Crippen LogP contribution in [0.25, 0.3) is 0 Å². The van der Waals surface area contributed by atoms with Crippen LogP contribution in [0.15, 0.2) is 28.7 Å². The number of hydrogen-bond acceptors (Lipinski definition) is 6. The Bertz CT molecular complexity index is 667. The number of carbonyl (C=O) groups excluding carboxylic acids is 2. The van der Waals surface area contributed by atoms with Crippen molar-refractivity contribution in [1.82, 2.24) is 15.0 Å². The SMILES string of the molecule is COC(=O)c1nnn(Cc2ccc(Br)cc2)c1C(=O)OC. The predicted molar refractivity (Wildman–Crippen MR) is 75.9 cm³/mol. The van der Waals surface area contributed by atoms with Crippen LogP contribution in [0, 0.1) is 0 Å². The van der Waals surface area contributed by atoms with E-state index in [0.29, 0.717) is 0 Å². The molecule has 0 fully saturated rings. The number of nitrogens with zero attached hydrogens (tertiary/aromatic N) is 3. The zero-order chi connectivity index (χ0) is 15.4. The predicted octanol–water partition coefficient (Wildman–Crippen LogP) is 1.66. The van der Waals surface area contributed by atoms with Crippen LogP contribution < -0.4 is 0 Å². The number of methoxy groups -OCH3 is 2. The van der Waals surface area contributed by atoms with Gasteiger partial charge in [0.05, 0.1) is 20.8 Å². The summed E-state index contributed by atoms with van der Waals surface area (Å²) >= 11 is 3.34. The van der Waals surface area contributed by atoms with E-state index in [0.717, 1.165) is 10.0 Å². The Labute approximate surface area is 129 Å². The minimum atomic E-state index is -0.738. The summed E-state index contributed by atoms with van der Waals surface area (Å²) in [5.41, 5.74) is 0.693. The number of esters is 2. The molecule has 0 amide bonds. The van der Waals surface area contributed by atoms with Gasteiger partial charge < -0.3 is 9.47 Å². The number of halogens is 1. The quantitative estimate of drug-likeness (QED) is 0.777. The van der Waals surface area contributed by atoms with E-state index in [1.54, 1.807) is 0 Å². The fourth-order valence-electron chi connectivity index (χ4n) is 1.72. The summed E-state index contributed by atoms with van der Waals surface area (Å²) in [6, 6.07) is 7.46. The molecule has 8 heteroatoms. The van der Waals surface area contributed by atoms with Crippen LogP contribution in [0.3, 0.4) is 0 Å². The van der Waals surface area contributed by atoms with E-state index in [2.05, 4.69) is 35.7 Å². The van der Waals surface area contributed by atoms with Crippen LogP contribution in [0.4, 0.5) is 0 Å². The van der Waals surface area contributed by atoms with E-state index >= 15 is 0 Å². The Balaban J connectivity index is 2.39. The van der Waals surface area contributed by atoms with Gasteiger partial charge in [0.2, 0.25) is 5.69 Å². The Morgan fingerprint density at radius 1 is 1.14 bits per heavy atom. The first-order valence-corrected chi connectivity index (χ1v) is 6.70. The van der Waals surface area contributed by atoms with Crippen molar-refractivity contribution >= 4 is 27.9 Å². The van der Waals surface area contributed by atoms with E-state index in [9.17, 15) is 9.59 Å². The van der Waals surface area contributed by atoms with Gasteiger partial charge in [-0.15, -0.1) is 5.10 Å². The highest BCUT2D eigenvalue weighted by Gasteiger charge is 2.26. The first kappa shape index (κ1) is 15.2. The summed E-state index contributed by atoms with van der Waals surface area (Å²) < 4.78 is 11.5. The number of carbonyl (C=O) groups is 2. The highest BCUT2D eigenvalue weighted by atomic mass is 79.9. The van der Waals surface area contributed by atoms with Gasteiger partial charge in [0.15, 0.2) is 5.69 Å². The number of aromatic nitrogens is 3. The lowest BCUT2D eigenvalue weighted by atomic mass is 10.2. The monoisotopic (exact) mass is 353 g/mol. The molecule has 0 bridgehead atoms. The highest BCUT2D eigenvalue weighted by molar-refractivity contribution is 9.10. The Morgan fingerprint density at radius 3 is 2.33 bits per heavy atom. The second-order valence-corrected chi connectivity index (χ2v) is 4.97. The molecule has 110 valence electrons. The molecule has 7 nitrogen and oxygen atoms in total. The normalized spacial score (nSPS) is 10.2. The molecule has 21 heavy (non-hydrogen) atoms. The third-order valence-corrected chi connectivity index (χ3v) is 3.27.